The van der Waals surface area contributed by atoms with E-state index in [2.05, 4.69) is 24.7 Å². The summed E-state index contributed by atoms with van der Waals surface area (Å²) >= 11 is 0. The fourth-order valence-corrected chi connectivity index (χ4v) is 6.79. The minimum Gasteiger partial charge on any atom is -0.494 e. The first-order chi connectivity index (χ1) is 20.4. The van der Waals surface area contributed by atoms with E-state index in [-0.39, 0.29) is 5.82 Å². The second-order valence-electron chi connectivity index (χ2n) is 11.8. The van der Waals surface area contributed by atoms with Gasteiger partial charge in [-0.05, 0) is 48.7 Å². The predicted octanol–water partition coefficient (Wildman–Crippen LogP) is 5.24. The number of aromatic amines is 1. The maximum Gasteiger partial charge on any atom is 0.165 e. The average molecular weight is 574 g/mol. The van der Waals surface area contributed by atoms with E-state index in [1.165, 1.54) is 38.4 Å². The van der Waals surface area contributed by atoms with Crippen LogP contribution in [0, 0.1) is 17.0 Å². The summed E-state index contributed by atoms with van der Waals surface area (Å²) in [5.74, 6) is 0.383. The minimum absolute atomic E-state index is 0.298. The molecule has 0 unspecified atom stereocenters. The zero-order valence-electron chi connectivity index (χ0n) is 23.5. The Morgan fingerprint density at radius 2 is 1.83 bits per heavy atom. The summed E-state index contributed by atoms with van der Waals surface area (Å²) in [5, 5.41) is 0.343. The standard InChI is InChI=1S/C32H33F2N5O3/c1-41-30-10-21(2-5-27(30)33)17-37-6-8-38(9-7-37)24-13-32(14-24)19-39(20-32)23-4-3-22(18-40)29(11-23)42-25-12-26-28(34)16-36-31(26)35-15-25/h2-5,10-12,15-16,18,24H,6-9,13-14,17,19-20H2,1H3,(H,35,36). The maximum absolute atomic E-state index is 14.0. The number of anilines is 1. The van der Waals surface area contributed by atoms with Gasteiger partial charge in [-0.2, -0.15) is 0 Å². The van der Waals surface area contributed by atoms with Gasteiger partial charge in [0.15, 0.2) is 17.9 Å². The van der Waals surface area contributed by atoms with Crippen LogP contribution in [-0.2, 0) is 6.54 Å². The van der Waals surface area contributed by atoms with Crippen LogP contribution in [0.25, 0.3) is 11.0 Å². The number of hydrogen-bond acceptors (Lipinski definition) is 7. The number of methoxy groups -OCH3 is 1. The van der Waals surface area contributed by atoms with Gasteiger partial charge in [0.25, 0.3) is 0 Å². The molecule has 3 fully saturated rings. The van der Waals surface area contributed by atoms with Crippen LogP contribution in [0.15, 0.2) is 54.9 Å². The van der Waals surface area contributed by atoms with E-state index in [0.717, 1.165) is 63.4 Å². The molecule has 2 aromatic heterocycles. The molecular formula is C32H33F2N5O3. The molecule has 42 heavy (non-hydrogen) atoms. The Morgan fingerprint density at radius 3 is 2.60 bits per heavy atom. The SMILES string of the molecule is COc1cc(CN2CCN(C3CC4(C3)CN(c3ccc(C=O)c(Oc5cnc6[nH]cc(F)c6c5)c3)C4)CC2)ccc1F. The van der Waals surface area contributed by atoms with Crippen molar-refractivity contribution in [2.45, 2.75) is 25.4 Å². The van der Waals surface area contributed by atoms with Crippen LogP contribution in [0.5, 0.6) is 17.2 Å². The number of piperazine rings is 1. The van der Waals surface area contributed by atoms with Crippen molar-refractivity contribution < 1.29 is 23.0 Å². The van der Waals surface area contributed by atoms with Crippen LogP contribution in [0.2, 0.25) is 0 Å². The van der Waals surface area contributed by atoms with Crippen LogP contribution in [-0.4, -0.2) is 78.5 Å². The van der Waals surface area contributed by atoms with Gasteiger partial charge in [0.05, 0.1) is 24.3 Å². The number of benzene rings is 2. The van der Waals surface area contributed by atoms with Crippen molar-refractivity contribution in [1.82, 2.24) is 19.8 Å². The van der Waals surface area contributed by atoms with E-state index < -0.39 is 5.82 Å². The summed E-state index contributed by atoms with van der Waals surface area (Å²) in [6.45, 7) is 6.86. The highest BCUT2D eigenvalue weighted by Crippen LogP contribution is 2.52. The molecule has 2 aliphatic heterocycles. The van der Waals surface area contributed by atoms with Gasteiger partial charge >= 0.3 is 0 Å². The summed E-state index contributed by atoms with van der Waals surface area (Å²) in [7, 11) is 1.50. The van der Waals surface area contributed by atoms with Crippen molar-refractivity contribution in [3.63, 3.8) is 0 Å². The van der Waals surface area contributed by atoms with E-state index in [9.17, 15) is 13.6 Å². The van der Waals surface area contributed by atoms with Crippen LogP contribution in [0.3, 0.4) is 0 Å². The lowest BCUT2D eigenvalue weighted by Crippen LogP contribution is -2.68. The molecule has 7 rings (SSSR count). The van der Waals surface area contributed by atoms with E-state index in [0.29, 0.717) is 45.3 Å². The molecule has 1 saturated carbocycles. The zero-order valence-corrected chi connectivity index (χ0v) is 23.5. The zero-order chi connectivity index (χ0) is 28.8. The number of ether oxygens (including phenoxy) is 2. The number of pyridine rings is 1. The molecule has 0 amide bonds. The molecule has 2 aromatic carbocycles. The molecule has 3 aliphatic rings. The van der Waals surface area contributed by atoms with Crippen LogP contribution >= 0.6 is 0 Å². The Kier molecular flexibility index (Phi) is 6.82. The molecule has 8 nitrogen and oxygen atoms in total. The molecule has 1 aliphatic carbocycles. The fraction of sp³-hybridized carbons (Fsp3) is 0.375. The molecule has 1 N–H and O–H groups in total. The summed E-state index contributed by atoms with van der Waals surface area (Å²) < 4.78 is 38.9. The van der Waals surface area contributed by atoms with Gasteiger partial charge in [-0.15, -0.1) is 0 Å². The average Bonchev–Trinajstić information content (AvgIpc) is 3.33. The van der Waals surface area contributed by atoms with Crippen molar-refractivity contribution in [2.75, 3.05) is 51.3 Å². The molecule has 1 spiro atoms. The third kappa shape index (κ3) is 4.98. The highest BCUT2D eigenvalue weighted by Gasteiger charge is 2.54. The van der Waals surface area contributed by atoms with Crippen molar-refractivity contribution in [3.8, 4) is 17.2 Å². The van der Waals surface area contributed by atoms with Crippen LogP contribution in [0.4, 0.5) is 14.5 Å². The maximum atomic E-state index is 14.0. The van der Waals surface area contributed by atoms with E-state index in [4.69, 9.17) is 9.47 Å². The second-order valence-corrected chi connectivity index (χ2v) is 11.8. The first-order valence-corrected chi connectivity index (χ1v) is 14.4. The Hall–Kier alpha value is -4.02. The predicted molar refractivity (Wildman–Crippen MR) is 155 cm³/mol. The lowest BCUT2D eigenvalue weighted by molar-refractivity contribution is -0.0380. The van der Waals surface area contributed by atoms with Crippen molar-refractivity contribution in [2.24, 2.45) is 5.41 Å². The highest BCUT2D eigenvalue weighted by molar-refractivity contribution is 5.82. The summed E-state index contributed by atoms with van der Waals surface area (Å²) in [6.07, 6.45) is 5.95. The Morgan fingerprint density at radius 1 is 1.02 bits per heavy atom. The fourth-order valence-electron chi connectivity index (χ4n) is 6.79. The number of fused-ring (bicyclic) bond motifs is 1. The number of nitrogens with one attached hydrogen (secondary N) is 1. The molecule has 4 aromatic rings. The van der Waals surface area contributed by atoms with Crippen LogP contribution < -0.4 is 14.4 Å². The monoisotopic (exact) mass is 573 g/mol. The molecule has 218 valence electrons. The second kappa shape index (κ2) is 10.7. The van der Waals surface area contributed by atoms with E-state index in [1.807, 2.05) is 18.2 Å². The molecule has 0 atom stereocenters. The van der Waals surface area contributed by atoms with Crippen molar-refractivity contribution in [3.05, 3.63) is 77.6 Å². The number of H-pyrrole nitrogens is 1. The largest absolute Gasteiger partial charge is 0.494 e. The normalized spacial score (nSPS) is 19.1. The number of rotatable bonds is 8. The molecule has 2 saturated heterocycles. The number of nitrogens with zero attached hydrogens (tertiary/aromatic N) is 4. The lowest BCUT2D eigenvalue weighted by Gasteiger charge is -2.62. The van der Waals surface area contributed by atoms with Gasteiger partial charge in [0, 0.05) is 75.2 Å². The first kappa shape index (κ1) is 26.9. The van der Waals surface area contributed by atoms with Gasteiger partial charge in [-0.1, -0.05) is 6.07 Å². The number of carbonyl (C=O) groups is 1. The first-order valence-electron chi connectivity index (χ1n) is 14.4. The van der Waals surface area contributed by atoms with Gasteiger partial charge in [-0.25, -0.2) is 13.8 Å². The number of carbonyl (C=O) groups excluding carboxylic acids is 1. The number of aldehydes is 1. The van der Waals surface area contributed by atoms with E-state index >= 15 is 0 Å². The molecule has 10 heteroatoms. The third-order valence-electron chi connectivity index (χ3n) is 9.11. The lowest BCUT2D eigenvalue weighted by atomic mass is 9.60. The molecule has 0 bridgehead atoms. The minimum atomic E-state index is -0.398. The van der Waals surface area contributed by atoms with Gasteiger partial charge in [0.2, 0.25) is 0 Å². The Labute approximate surface area is 242 Å². The number of aromatic nitrogens is 2. The topological polar surface area (TPSA) is 73.9 Å². The molecular weight excluding hydrogens is 540 g/mol. The third-order valence-corrected chi connectivity index (χ3v) is 9.11. The van der Waals surface area contributed by atoms with Crippen molar-refractivity contribution >= 4 is 23.0 Å². The van der Waals surface area contributed by atoms with Gasteiger partial charge < -0.3 is 19.4 Å². The van der Waals surface area contributed by atoms with Crippen molar-refractivity contribution in [1.29, 1.82) is 0 Å². The summed E-state index contributed by atoms with van der Waals surface area (Å²) in [4.78, 5) is 26.1. The van der Waals surface area contributed by atoms with Crippen LogP contribution in [0.1, 0.15) is 28.8 Å². The molecule has 4 heterocycles. The highest BCUT2D eigenvalue weighted by atomic mass is 19.1. The smallest absolute Gasteiger partial charge is 0.165 e. The number of halogens is 2. The Bertz CT molecular complexity index is 1620. The van der Waals surface area contributed by atoms with Gasteiger partial charge in [-0.3, -0.25) is 14.6 Å². The molecule has 0 radical (unpaired) electrons. The summed E-state index contributed by atoms with van der Waals surface area (Å²) in [6, 6.07) is 12.9. The summed E-state index contributed by atoms with van der Waals surface area (Å²) in [5.41, 5.74) is 3.31. The van der Waals surface area contributed by atoms with Gasteiger partial charge in [0.1, 0.15) is 23.0 Å². The quantitative estimate of drug-likeness (QED) is 0.289. The Balaban J connectivity index is 0.921. The van der Waals surface area contributed by atoms with E-state index in [1.54, 1.807) is 18.2 Å². The number of hydrogen-bond donors (Lipinski definition) is 1.